The zero-order valence-corrected chi connectivity index (χ0v) is 12.5. The molecule has 1 saturated heterocycles. The number of hydrogen-bond acceptors (Lipinski definition) is 3. The second-order valence-electron chi connectivity index (χ2n) is 6.93. The molecule has 5 heteroatoms. The molecule has 3 N–H and O–H groups in total. The Balaban J connectivity index is 2.91. The SMILES string of the molecule is CC(C)[C@H]1C[C@@H](C(=O)O)N(C(=O)C(N)C(C)(C)C)C1. The van der Waals surface area contributed by atoms with Crippen molar-refractivity contribution in [1.82, 2.24) is 4.90 Å². The van der Waals surface area contributed by atoms with Gasteiger partial charge in [-0.25, -0.2) is 4.79 Å². The third-order valence-electron chi connectivity index (χ3n) is 4.04. The quantitative estimate of drug-likeness (QED) is 0.810. The summed E-state index contributed by atoms with van der Waals surface area (Å²) in [6.45, 7) is 10.3. The fourth-order valence-electron chi connectivity index (χ4n) is 2.38. The normalized spacial score (nSPS) is 25.7. The molecule has 1 fully saturated rings. The summed E-state index contributed by atoms with van der Waals surface area (Å²) in [6.07, 6.45) is 0.523. The molecule has 0 spiro atoms. The molecule has 0 aromatic rings. The minimum Gasteiger partial charge on any atom is -0.480 e. The Morgan fingerprint density at radius 1 is 1.32 bits per heavy atom. The molecule has 1 heterocycles. The van der Waals surface area contributed by atoms with Gasteiger partial charge in [0.05, 0.1) is 6.04 Å². The number of amides is 1. The first-order valence-electron chi connectivity index (χ1n) is 6.84. The van der Waals surface area contributed by atoms with Crippen LogP contribution >= 0.6 is 0 Å². The fourth-order valence-corrected chi connectivity index (χ4v) is 2.38. The Kier molecular flexibility index (Phi) is 4.61. The van der Waals surface area contributed by atoms with E-state index in [-0.39, 0.29) is 17.2 Å². The molecule has 1 aliphatic heterocycles. The van der Waals surface area contributed by atoms with Crippen LogP contribution < -0.4 is 5.73 Å². The Labute approximate surface area is 115 Å². The van der Waals surface area contributed by atoms with Crippen molar-refractivity contribution >= 4 is 11.9 Å². The van der Waals surface area contributed by atoms with Crippen LogP contribution in [-0.2, 0) is 9.59 Å². The number of carbonyl (C=O) groups is 2. The van der Waals surface area contributed by atoms with Gasteiger partial charge in [-0.05, 0) is 23.7 Å². The van der Waals surface area contributed by atoms with Crippen molar-refractivity contribution in [2.24, 2.45) is 23.0 Å². The molecular weight excluding hydrogens is 244 g/mol. The van der Waals surface area contributed by atoms with Gasteiger partial charge in [0.25, 0.3) is 0 Å². The highest BCUT2D eigenvalue weighted by molar-refractivity contribution is 5.88. The van der Waals surface area contributed by atoms with Crippen LogP contribution in [0.25, 0.3) is 0 Å². The molecule has 0 saturated carbocycles. The van der Waals surface area contributed by atoms with E-state index in [1.165, 1.54) is 4.90 Å². The third kappa shape index (κ3) is 3.47. The Morgan fingerprint density at radius 3 is 2.21 bits per heavy atom. The van der Waals surface area contributed by atoms with E-state index in [1.54, 1.807) is 0 Å². The third-order valence-corrected chi connectivity index (χ3v) is 4.04. The van der Waals surface area contributed by atoms with Crippen LogP contribution in [0.1, 0.15) is 41.0 Å². The maximum Gasteiger partial charge on any atom is 0.326 e. The predicted molar refractivity (Wildman–Crippen MR) is 73.5 cm³/mol. The van der Waals surface area contributed by atoms with Crippen LogP contribution in [0.5, 0.6) is 0 Å². The number of nitrogens with zero attached hydrogens (tertiary/aromatic N) is 1. The van der Waals surface area contributed by atoms with E-state index >= 15 is 0 Å². The minimum atomic E-state index is -0.933. The standard InChI is InChI=1S/C14H26N2O3/c1-8(2)9-6-10(13(18)19)16(7-9)12(17)11(15)14(3,4)5/h8-11H,6-7,15H2,1-5H3,(H,18,19)/t9-,10-,11?/m0/s1. The van der Waals surface area contributed by atoms with Gasteiger partial charge >= 0.3 is 5.97 Å². The van der Waals surface area contributed by atoms with Gasteiger partial charge in [0.1, 0.15) is 6.04 Å². The zero-order chi connectivity index (χ0) is 15.0. The van der Waals surface area contributed by atoms with Gasteiger partial charge in [-0.2, -0.15) is 0 Å². The lowest BCUT2D eigenvalue weighted by Crippen LogP contribution is -2.53. The summed E-state index contributed by atoms with van der Waals surface area (Å²) in [7, 11) is 0. The van der Waals surface area contributed by atoms with Crippen LogP contribution in [0.2, 0.25) is 0 Å². The van der Waals surface area contributed by atoms with Crippen LogP contribution in [0, 0.1) is 17.3 Å². The number of carbonyl (C=O) groups excluding carboxylic acids is 1. The summed E-state index contributed by atoms with van der Waals surface area (Å²) in [5.41, 5.74) is 5.61. The Bertz CT molecular complexity index is 360. The molecule has 0 aromatic carbocycles. The summed E-state index contributed by atoms with van der Waals surface area (Å²) in [5, 5.41) is 9.28. The van der Waals surface area contributed by atoms with E-state index in [1.807, 2.05) is 20.8 Å². The summed E-state index contributed by atoms with van der Waals surface area (Å²) >= 11 is 0. The smallest absolute Gasteiger partial charge is 0.326 e. The number of aliphatic carboxylic acids is 1. The predicted octanol–water partition coefficient (Wildman–Crippen LogP) is 1.32. The average molecular weight is 270 g/mol. The molecule has 1 amide bonds. The molecule has 5 nitrogen and oxygen atoms in total. The van der Waals surface area contributed by atoms with Crippen molar-refractivity contribution in [3.63, 3.8) is 0 Å². The zero-order valence-electron chi connectivity index (χ0n) is 12.5. The molecule has 19 heavy (non-hydrogen) atoms. The van der Waals surface area contributed by atoms with E-state index in [0.29, 0.717) is 18.9 Å². The summed E-state index contributed by atoms with van der Waals surface area (Å²) in [4.78, 5) is 25.2. The molecule has 0 aliphatic carbocycles. The molecule has 1 aliphatic rings. The topological polar surface area (TPSA) is 83.6 Å². The van der Waals surface area contributed by atoms with Gasteiger partial charge in [-0.1, -0.05) is 34.6 Å². The highest BCUT2D eigenvalue weighted by Gasteiger charge is 2.43. The highest BCUT2D eigenvalue weighted by Crippen LogP contribution is 2.31. The number of carboxylic acid groups (broad SMARTS) is 1. The van der Waals surface area contributed by atoms with Gasteiger partial charge in [0, 0.05) is 6.54 Å². The van der Waals surface area contributed by atoms with E-state index in [4.69, 9.17) is 5.73 Å². The van der Waals surface area contributed by atoms with Crippen molar-refractivity contribution in [2.45, 2.75) is 53.1 Å². The largest absolute Gasteiger partial charge is 0.480 e. The van der Waals surface area contributed by atoms with Crippen LogP contribution in [0.3, 0.4) is 0 Å². The lowest BCUT2D eigenvalue weighted by molar-refractivity contribution is -0.149. The van der Waals surface area contributed by atoms with E-state index in [0.717, 1.165) is 0 Å². The first kappa shape index (κ1) is 16.0. The van der Waals surface area contributed by atoms with Gasteiger partial charge < -0.3 is 15.7 Å². The molecule has 0 radical (unpaired) electrons. The second kappa shape index (κ2) is 5.49. The first-order valence-corrected chi connectivity index (χ1v) is 6.84. The van der Waals surface area contributed by atoms with E-state index < -0.39 is 18.1 Å². The summed E-state index contributed by atoms with van der Waals surface area (Å²) in [5.74, 6) is -0.580. The number of carboxylic acids is 1. The first-order chi connectivity index (χ1) is 8.55. The lowest BCUT2D eigenvalue weighted by Gasteiger charge is -2.31. The number of rotatable bonds is 3. The van der Waals surface area contributed by atoms with Crippen LogP contribution in [0.15, 0.2) is 0 Å². The van der Waals surface area contributed by atoms with Crippen molar-refractivity contribution in [2.75, 3.05) is 6.54 Å². The molecule has 0 bridgehead atoms. The van der Waals surface area contributed by atoms with Crippen LogP contribution in [0.4, 0.5) is 0 Å². The van der Waals surface area contributed by atoms with Gasteiger partial charge in [0.15, 0.2) is 0 Å². The van der Waals surface area contributed by atoms with E-state index in [9.17, 15) is 14.7 Å². The second-order valence-corrected chi connectivity index (χ2v) is 6.93. The lowest BCUT2D eigenvalue weighted by atomic mass is 9.86. The van der Waals surface area contributed by atoms with Crippen LogP contribution in [-0.4, -0.2) is 40.5 Å². The summed E-state index contributed by atoms with van der Waals surface area (Å²) in [6, 6.07) is -1.39. The van der Waals surface area contributed by atoms with Crippen molar-refractivity contribution < 1.29 is 14.7 Å². The van der Waals surface area contributed by atoms with Gasteiger partial charge in [-0.3, -0.25) is 4.79 Å². The molecule has 0 aromatic heterocycles. The highest BCUT2D eigenvalue weighted by atomic mass is 16.4. The fraction of sp³-hybridized carbons (Fsp3) is 0.857. The molecule has 1 unspecified atom stereocenters. The maximum atomic E-state index is 12.4. The number of likely N-dealkylation sites (tertiary alicyclic amines) is 1. The monoisotopic (exact) mass is 270 g/mol. The maximum absolute atomic E-state index is 12.4. The average Bonchev–Trinajstić information content (AvgIpc) is 2.70. The Morgan fingerprint density at radius 2 is 1.84 bits per heavy atom. The van der Waals surface area contributed by atoms with Crippen molar-refractivity contribution in [3.8, 4) is 0 Å². The Hall–Kier alpha value is -1.10. The molecule has 1 rings (SSSR count). The number of nitrogens with two attached hydrogens (primary N) is 1. The van der Waals surface area contributed by atoms with Gasteiger partial charge in [0.2, 0.25) is 5.91 Å². The molecular formula is C14H26N2O3. The van der Waals surface area contributed by atoms with Gasteiger partial charge in [-0.15, -0.1) is 0 Å². The molecule has 110 valence electrons. The van der Waals surface area contributed by atoms with E-state index in [2.05, 4.69) is 13.8 Å². The number of hydrogen-bond donors (Lipinski definition) is 2. The minimum absolute atomic E-state index is 0.234. The summed E-state index contributed by atoms with van der Waals surface area (Å²) < 4.78 is 0. The molecule has 3 atom stereocenters. The van der Waals surface area contributed by atoms with Crippen molar-refractivity contribution in [1.29, 1.82) is 0 Å². The van der Waals surface area contributed by atoms with Crippen molar-refractivity contribution in [3.05, 3.63) is 0 Å².